The zero-order valence-corrected chi connectivity index (χ0v) is 16.2. The average molecular weight is 441 g/mol. The van der Waals surface area contributed by atoms with Crippen LogP contribution >= 0.6 is 27.5 Å². The number of amides is 1. The molecule has 3 atom stereocenters. The van der Waals surface area contributed by atoms with Crippen LogP contribution < -0.4 is 10.6 Å². The quantitative estimate of drug-likeness (QED) is 0.585. The summed E-state index contributed by atoms with van der Waals surface area (Å²) < 4.78 is 0.849. The van der Waals surface area contributed by atoms with E-state index in [0.29, 0.717) is 34.8 Å². The first-order chi connectivity index (χ1) is 12.5. The van der Waals surface area contributed by atoms with Crippen LogP contribution in [0.1, 0.15) is 29.6 Å². The first-order valence-electron chi connectivity index (χ1n) is 8.29. The Morgan fingerprint density at radius 3 is 2.81 bits per heavy atom. The zero-order chi connectivity index (χ0) is 18.7. The first-order valence-corrected chi connectivity index (χ1v) is 9.46. The van der Waals surface area contributed by atoms with E-state index >= 15 is 0 Å². The number of carbonyl (C=O) groups excluding carboxylic acids is 1. The van der Waals surface area contributed by atoms with Crippen molar-refractivity contribution in [3.05, 3.63) is 51.7 Å². The maximum atomic E-state index is 12.7. The Morgan fingerprint density at radius 2 is 2.04 bits per heavy atom. The summed E-state index contributed by atoms with van der Waals surface area (Å²) in [7, 11) is 0. The van der Waals surface area contributed by atoms with E-state index in [1.807, 2.05) is 6.07 Å². The predicted molar refractivity (Wildman–Crippen MR) is 104 cm³/mol. The molecule has 1 fully saturated rings. The second-order valence-electron chi connectivity index (χ2n) is 6.24. The molecule has 0 radical (unpaired) electrons. The normalized spacial score (nSPS) is 22.7. The summed E-state index contributed by atoms with van der Waals surface area (Å²) in [6, 6.07) is 6.49. The SMILES string of the molecule is O=C(N[C@H]1CCCC(O)[C@@H]1O)c1ccncc1Nc1ccc(Br)cc1Cl. The van der Waals surface area contributed by atoms with Crippen molar-refractivity contribution in [2.24, 2.45) is 0 Å². The third kappa shape index (κ3) is 4.35. The molecule has 0 spiro atoms. The van der Waals surface area contributed by atoms with Gasteiger partial charge in [-0.3, -0.25) is 9.78 Å². The molecule has 1 heterocycles. The molecule has 8 heteroatoms. The molecule has 1 aliphatic carbocycles. The van der Waals surface area contributed by atoms with E-state index in [1.54, 1.807) is 24.4 Å². The standard InChI is InChI=1S/C18H19BrClN3O3/c19-10-4-5-13(12(20)8-10)22-15-9-21-7-6-11(15)18(26)23-14-2-1-3-16(24)17(14)25/h4-9,14,16-17,22,24-25H,1-3H2,(H,23,26)/t14-,16?,17+/m0/s1. The molecular weight excluding hydrogens is 422 g/mol. The molecule has 1 aromatic heterocycles. The number of halogens is 2. The Labute approximate surface area is 164 Å². The minimum Gasteiger partial charge on any atom is -0.390 e. The minimum atomic E-state index is -0.966. The van der Waals surface area contributed by atoms with Crippen LogP contribution in [-0.2, 0) is 0 Å². The van der Waals surface area contributed by atoms with Gasteiger partial charge in [0, 0.05) is 10.7 Å². The van der Waals surface area contributed by atoms with Crippen LogP contribution in [0, 0.1) is 0 Å². The lowest BCUT2D eigenvalue weighted by Gasteiger charge is -2.32. The van der Waals surface area contributed by atoms with Gasteiger partial charge in [-0.15, -0.1) is 0 Å². The van der Waals surface area contributed by atoms with Crippen LogP contribution in [0.5, 0.6) is 0 Å². The number of hydrogen-bond acceptors (Lipinski definition) is 5. The summed E-state index contributed by atoms with van der Waals surface area (Å²) in [4.78, 5) is 16.8. The maximum absolute atomic E-state index is 12.7. The average Bonchev–Trinajstić information content (AvgIpc) is 2.62. The van der Waals surface area contributed by atoms with Crippen LogP contribution in [0.4, 0.5) is 11.4 Å². The van der Waals surface area contributed by atoms with Gasteiger partial charge < -0.3 is 20.8 Å². The van der Waals surface area contributed by atoms with Gasteiger partial charge in [0.2, 0.25) is 0 Å². The third-order valence-corrected chi connectivity index (χ3v) is 5.21. The van der Waals surface area contributed by atoms with Gasteiger partial charge in [0.25, 0.3) is 5.91 Å². The van der Waals surface area contributed by atoms with Crippen molar-refractivity contribution in [2.75, 3.05) is 5.32 Å². The Kier molecular flexibility index (Phi) is 6.13. The van der Waals surface area contributed by atoms with Crippen molar-refractivity contribution < 1.29 is 15.0 Å². The largest absolute Gasteiger partial charge is 0.390 e. The summed E-state index contributed by atoms with van der Waals surface area (Å²) in [5.74, 6) is -0.346. The number of pyridine rings is 1. The van der Waals surface area contributed by atoms with Crippen LogP contribution in [0.3, 0.4) is 0 Å². The Bertz CT molecular complexity index is 805. The molecular formula is C18H19BrClN3O3. The zero-order valence-electron chi connectivity index (χ0n) is 13.8. The van der Waals surface area contributed by atoms with Gasteiger partial charge >= 0.3 is 0 Å². The van der Waals surface area contributed by atoms with Crippen molar-refractivity contribution in [1.82, 2.24) is 10.3 Å². The van der Waals surface area contributed by atoms with Gasteiger partial charge in [-0.05, 0) is 43.5 Å². The van der Waals surface area contributed by atoms with Crippen molar-refractivity contribution in [1.29, 1.82) is 0 Å². The number of hydrogen-bond donors (Lipinski definition) is 4. The van der Waals surface area contributed by atoms with E-state index in [2.05, 4.69) is 31.5 Å². The fourth-order valence-electron chi connectivity index (χ4n) is 2.99. The topological polar surface area (TPSA) is 94.5 Å². The molecule has 1 aromatic carbocycles. The lowest BCUT2D eigenvalue weighted by Crippen LogP contribution is -2.51. The van der Waals surface area contributed by atoms with E-state index in [4.69, 9.17) is 11.6 Å². The highest BCUT2D eigenvalue weighted by molar-refractivity contribution is 9.10. The summed E-state index contributed by atoms with van der Waals surface area (Å²) in [5.41, 5.74) is 1.52. The van der Waals surface area contributed by atoms with E-state index in [0.717, 1.165) is 10.9 Å². The summed E-state index contributed by atoms with van der Waals surface area (Å²) in [6.07, 6.45) is 3.19. The van der Waals surface area contributed by atoms with Crippen molar-refractivity contribution >= 4 is 44.8 Å². The van der Waals surface area contributed by atoms with Gasteiger partial charge in [-0.1, -0.05) is 27.5 Å². The number of nitrogens with one attached hydrogen (secondary N) is 2. The van der Waals surface area contributed by atoms with E-state index in [1.165, 1.54) is 6.20 Å². The lowest BCUT2D eigenvalue weighted by molar-refractivity contribution is -0.0277. The predicted octanol–water partition coefficient (Wildman–Crippen LogP) is 3.25. The molecule has 0 saturated heterocycles. The molecule has 0 bridgehead atoms. The Morgan fingerprint density at radius 1 is 1.23 bits per heavy atom. The first kappa shape index (κ1) is 19.1. The van der Waals surface area contributed by atoms with Crippen molar-refractivity contribution in [3.8, 4) is 0 Å². The minimum absolute atomic E-state index is 0.346. The van der Waals surface area contributed by atoms with E-state index in [9.17, 15) is 15.0 Å². The third-order valence-electron chi connectivity index (χ3n) is 4.40. The van der Waals surface area contributed by atoms with Gasteiger partial charge in [0.05, 0.1) is 46.4 Å². The monoisotopic (exact) mass is 439 g/mol. The number of aliphatic hydroxyl groups excluding tert-OH is 2. The highest BCUT2D eigenvalue weighted by Gasteiger charge is 2.32. The molecule has 2 aromatic rings. The van der Waals surface area contributed by atoms with Gasteiger partial charge in [-0.2, -0.15) is 0 Å². The van der Waals surface area contributed by atoms with Gasteiger partial charge in [0.1, 0.15) is 0 Å². The summed E-state index contributed by atoms with van der Waals surface area (Å²) >= 11 is 9.58. The van der Waals surface area contributed by atoms with Crippen molar-refractivity contribution in [2.45, 2.75) is 37.5 Å². The summed E-state index contributed by atoms with van der Waals surface area (Å²) in [5, 5.41) is 26.3. The number of aromatic nitrogens is 1. The molecule has 138 valence electrons. The summed E-state index contributed by atoms with van der Waals surface area (Å²) in [6.45, 7) is 0. The highest BCUT2D eigenvalue weighted by atomic mass is 79.9. The Hall–Kier alpha value is -1.67. The molecule has 6 nitrogen and oxygen atoms in total. The highest BCUT2D eigenvalue weighted by Crippen LogP contribution is 2.29. The van der Waals surface area contributed by atoms with Crippen LogP contribution in [0.25, 0.3) is 0 Å². The number of rotatable bonds is 4. The van der Waals surface area contributed by atoms with Crippen LogP contribution in [0.15, 0.2) is 41.1 Å². The fourth-order valence-corrected chi connectivity index (χ4v) is 3.71. The van der Waals surface area contributed by atoms with Gasteiger partial charge in [-0.25, -0.2) is 0 Å². The molecule has 0 aliphatic heterocycles. The molecule has 3 rings (SSSR count). The number of carbonyl (C=O) groups is 1. The second kappa shape index (κ2) is 8.35. The maximum Gasteiger partial charge on any atom is 0.253 e. The number of nitrogens with zero attached hydrogens (tertiary/aromatic N) is 1. The molecule has 4 N–H and O–H groups in total. The fraction of sp³-hybridized carbons (Fsp3) is 0.333. The molecule has 1 aliphatic rings. The Balaban J connectivity index is 1.79. The molecule has 1 amide bonds. The number of aliphatic hydroxyl groups is 2. The molecule has 1 unspecified atom stereocenters. The number of anilines is 2. The number of benzene rings is 1. The molecule has 26 heavy (non-hydrogen) atoms. The lowest BCUT2D eigenvalue weighted by atomic mass is 9.90. The van der Waals surface area contributed by atoms with E-state index < -0.39 is 18.2 Å². The van der Waals surface area contributed by atoms with Crippen LogP contribution in [-0.4, -0.2) is 39.4 Å². The molecule has 1 saturated carbocycles. The second-order valence-corrected chi connectivity index (χ2v) is 7.56. The van der Waals surface area contributed by atoms with Gasteiger partial charge in [0.15, 0.2) is 0 Å². The van der Waals surface area contributed by atoms with Crippen molar-refractivity contribution in [3.63, 3.8) is 0 Å². The smallest absolute Gasteiger partial charge is 0.253 e. The van der Waals surface area contributed by atoms with Crippen LogP contribution in [0.2, 0.25) is 5.02 Å². The van der Waals surface area contributed by atoms with E-state index in [-0.39, 0.29) is 5.91 Å².